The van der Waals surface area contributed by atoms with E-state index in [-0.39, 0.29) is 25.7 Å². The Labute approximate surface area is 194 Å². The first-order valence-electron chi connectivity index (χ1n) is 10.5. The number of aromatic nitrogens is 2. The third-order valence-electron chi connectivity index (χ3n) is 4.91. The van der Waals surface area contributed by atoms with Crippen molar-refractivity contribution in [3.8, 4) is 5.75 Å². The Bertz CT molecular complexity index is 1220. The maximum absolute atomic E-state index is 12.6. The van der Waals surface area contributed by atoms with Crippen molar-refractivity contribution >= 4 is 11.6 Å². The van der Waals surface area contributed by atoms with Crippen molar-refractivity contribution in [2.45, 2.75) is 25.9 Å². The number of halogens is 3. The Kier molecular flexibility index (Phi) is 7.12. The number of benzene rings is 2. The quantitative estimate of drug-likeness (QED) is 0.378. The number of imidazole rings is 1. The van der Waals surface area contributed by atoms with Gasteiger partial charge < -0.3 is 19.2 Å². The van der Waals surface area contributed by atoms with Crippen molar-refractivity contribution in [2.75, 3.05) is 6.61 Å². The van der Waals surface area contributed by atoms with Crippen LogP contribution in [0, 0.1) is 0 Å². The van der Waals surface area contributed by atoms with Gasteiger partial charge in [-0.25, -0.2) is 4.98 Å². The van der Waals surface area contributed by atoms with Gasteiger partial charge in [0.15, 0.2) is 0 Å². The van der Waals surface area contributed by atoms with Gasteiger partial charge in [0.1, 0.15) is 24.6 Å². The molecule has 0 aliphatic rings. The lowest BCUT2D eigenvalue weighted by Crippen LogP contribution is -2.22. The molecule has 176 valence electrons. The molecule has 0 atom stereocenters. The van der Waals surface area contributed by atoms with E-state index in [1.165, 1.54) is 0 Å². The molecule has 0 saturated heterocycles. The molecule has 0 spiro atoms. The number of nitrogens with zero attached hydrogens (tertiary/aromatic N) is 2. The third-order valence-corrected chi connectivity index (χ3v) is 4.91. The fraction of sp³-hybridized carbons (Fsp3) is 0.200. The summed E-state index contributed by atoms with van der Waals surface area (Å²) in [6.07, 6.45) is -0.549. The molecule has 6 nitrogen and oxygen atoms in total. The average Bonchev–Trinajstić information content (AvgIpc) is 3.24. The Morgan fingerprint density at radius 2 is 1.76 bits per heavy atom. The van der Waals surface area contributed by atoms with Gasteiger partial charge in [0.2, 0.25) is 0 Å². The van der Waals surface area contributed by atoms with Gasteiger partial charge in [0.25, 0.3) is 5.91 Å². The number of nitrogens with one attached hydrogen (secondary N) is 1. The predicted octanol–water partition coefficient (Wildman–Crippen LogP) is 4.92. The highest BCUT2D eigenvalue weighted by molar-refractivity contribution is 5.94. The van der Waals surface area contributed by atoms with Crippen LogP contribution in [-0.2, 0) is 24.5 Å². The van der Waals surface area contributed by atoms with Gasteiger partial charge >= 0.3 is 6.18 Å². The molecule has 34 heavy (non-hydrogen) atoms. The highest BCUT2D eigenvalue weighted by Gasteiger charge is 2.27. The molecule has 0 aliphatic heterocycles. The lowest BCUT2D eigenvalue weighted by Gasteiger charge is -2.10. The van der Waals surface area contributed by atoms with Crippen LogP contribution in [0.2, 0.25) is 0 Å². The summed E-state index contributed by atoms with van der Waals surface area (Å²) in [7, 11) is 0. The zero-order chi connectivity index (χ0) is 24.0. The minimum absolute atomic E-state index is 0.131. The maximum Gasteiger partial charge on any atom is 0.411 e. The van der Waals surface area contributed by atoms with Crippen LogP contribution in [0.3, 0.4) is 0 Å². The van der Waals surface area contributed by atoms with Gasteiger partial charge in [0, 0.05) is 24.5 Å². The lowest BCUT2D eigenvalue weighted by atomic mass is 10.1. The van der Waals surface area contributed by atoms with Crippen molar-refractivity contribution < 1.29 is 27.4 Å². The Morgan fingerprint density at radius 3 is 2.53 bits per heavy atom. The van der Waals surface area contributed by atoms with Crippen LogP contribution in [0.25, 0.3) is 5.65 Å². The molecule has 0 radical (unpaired) electrons. The van der Waals surface area contributed by atoms with E-state index in [0.717, 1.165) is 16.9 Å². The molecule has 4 rings (SSSR count). The van der Waals surface area contributed by atoms with E-state index in [0.29, 0.717) is 16.9 Å². The smallest absolute Gasteiger partial charge is 0.411 e. The van der Waals surface area contributed by atoms with Crippen LogP contribution >= 0.6 is 0 Å². The summed E-state index contributed by atoms with van der Waals surface area (Å²) in [5.74, 6) is 0.281. The van der Waals surface area contributed by atoms with Crippen LogP contribution in [0.4, 0.5) is 13.2 Å². The normalized spacial score (nSPS) is 11.5. The number of carbonyl (C=O) groups excluding carboxylic acids is 1. The number of ether oxygens (including phenoxy) is 2. The second kappa shape index (κ2) is 10.4. The van der Waals surface area contributed by atoms with Crippen LogP contribution in [0.15, 0.2) is 79.1 Å². The summed E-state index contributed by atoms with van der Waals surface area (Å²) in [5, 5.41) is 2.83. The first-order chi connectivity index (χ1) is 16.4. The van der Waals surface area contributed by atoms with Crippen LogP contribution < -0.4 is 10.1 Å². The SMILES string of the molecule is O=C(NCc1ccc(COCC(F)(F)F)cc1)c1cccc(OCc2cn3ccccc3n2)c1. The second-order valence-corrected chi connectivity index (χ2v) is 7.62. The molecular weight excluding hydrogens is 447 g/mol. The maximum atomic E-state index is 12.6. The fourth-order valence-electron chi connectivity index (χ4n) is 3.26. The highest BCUT2D eigenvalue weighted by atomic mass is 19.4. The number of amides is 1. The molecule has 0 aliphatic carbocycles. The molecule has 2 heterocycles. The van der Waals surface area contributed by atoms with Gasteiger partial charge in [-0.1, -0.05) is 36.4 Å². The zero-order valence-electron chi connectivity index (χ0n) is 18.1. The van der Waals surface area contributed by atoms with E-state index in [4.69, 9.17) is 4.74 Å². The van der Waals surface area contributed by atoms with E-state index in [1.54, 1.807) is 48.5 Å². The largest absolute Gasteiger partial charge is 0.487 e. The van der Waals surface area contributed by atoms with E-state index in [1.807, 2.05) is 35.0 Å². The number of hydrogen-bond acceptors (Lipinski definition) is 4. The molecule has 1 amide bonds. The summed E-state index contributed by atoms with van der Waals surface area (Å²) >= 11 is 0. The Balaban J connectivity index is 1.27. The van der Waals surface area contributed by atoms with Crippen molar-refractivity contribution in [3.05, 3.63) is 102 Å². The summed E-state index contributed by atoms with van der Waals surface area (Å²) < 4.78 is 48.8. The number of pyridine rings is 1. The summed E-state index contributed by atoms with van der Waals surface area (Å²) in [6, 6.07) is 19.4. The predicted molar refractivity (Wildman–Crippen MR) is 119 cm³/mol. The number of alkyl halides is 3. The molecule has 1 N–H and O–H groups in total. The Hall–Kier alpha value is -3.85. The van der Waals surface area contributed by atoms with Gasteiger partial charge in [-0.15, -0.1) is 0 Å². The first kappa shape index (κ1) is 23.3. The highest BCUT2D eigenvalue weighted by Crippen LogP contribution is 2.17. The van der Waals surface area contributed by atoms with Gasteiger partial charge in [-0.3, -0.25) is 4.79 Å². The van der Waals surface area contributed by atoms with Crippen molar-refractivity contribution in [2.24, 2.45) is 0 Å². The molecule has 0 fully saturated rings. The van der Waals surface area contributed by atoms with E-state index in [2.05, 4.69) is 15.0 Å². The van der Waals surface area contributed by atoms with Crippen molar-refractivity contribution in [1.82, 2.24) is 14.7 Å². The molecule has 2 aromatic carbocycles. The third kappa shape index (κ3) is 6.58. The summed E-state index contributed by atoms with van der Waals surface area (Å²) in [4.78, 5) is 17.0. The second-order valence-electron chi connectivity index (χ2n) is 7.62. The van der Waals surface area contributed by atoms with E-state index >= 15 is 0 Å². The van der Waals surface area contributed by atoms with Crippen LogP contribution in [0.5, 0.6) is 5.75 Å². The van der Waals surface area contributed by atoms with Gasteiger partial charge in [-0.05, 0) is 41.5 Å². The number of rotatable bonds is 9. The summed E-state index contributed by atoms with van der Waals surface area (Å²) in [6.45, 7) is -0.874. The molecule has 9 heteroatoms. The van der Waals surface area contributed by atoms with Gasteiger partial charge in [0.05, 0.1) is 12.3 Å². The number of hydrogen-bond donors (Lipinski definition) is 1. The molecule has 2 aromatic heterocycles. The molecule has 4 aromatic rings. The summed E-state index contributed by atoms with van der Waals surface area (Å²) in [5.41, 5.74) is 3.48. The van der Waals surface area contributed by atoms with E-state index < -0.39 is 12.8 Å². The fourth-order valence-corrected chi connectivity index (χ4v) is 3.26. The van der Waals surface area contributed by atoms with Crippen LogP contribution in [0.1, 0.15) is 27.2 Å². The molecule has 0 saturated carbocycles. The van der Waals surface area contributed by atoms with Crippen molar-refractivity contribution in [3.63, 3.8) is 0 Å². The van der Waals surface area contributed by atoms with Crippen molar-refractivity contribution in [1.29, 1.82) is 0 Å². The average molecular weight is 469 g/mol. The molecule has 0 bridgehead atoms. The monoisotopic (exact) mass is 469 g/mol. The standard InChI is InChI=1S/C25H22F3N3O3/c26-25(27,28)17-33-15-19-9-7-18(8-10-19)13-29-24(32)20-4-3-5-22(12-20)34-16-21-14-31-11-2-1-6-23(31)30-21/h1-12,14H,13,15-17H2,(H,29,32). The van der Waals surface area contributed by atoms with E-state index in [9.17, 15) is 18.0 Å². The zero-order valence-corrected chi connectivity index (χ0v) is 18.1. The first-order valence-corrected chi connectivity index (χ1v) is 10.5. The van der Waals surface area contributed by atoms with Crippen LogP contribution in [-0.4, -0.2) is 28.1 Å². The minimum Gasteiger partial charge on any atom is -0.487 e. The molecule has 0 unspecified atom stereocenters. The Morgan fingerprint density at radius 1 is 0.971 bits per heavy atom. The minimum atomic E-state index is -4.35. The number of carbonyl (C=O) groups is 1. The topological polar surface area (TPSA) is 64.9 Å². The lowest BCUT2D eigenvalue weighted by molar-refractivity contribution is -0.176. The van der Waals surface area contributed by atoms with Gasteiger partial charge in [-0.2, -0.15) is 13.2 Å². The molecular formula is C25H22F3N3O3. The number of fused-ring (bicyclic) bond motifs is 1.